The molecule has 0 aliphatic heterocycles. The maximum atomic E-state index is 12.3. The topological polar surface area (TPSA) is 55.4 Å². The Hall–Kier alpha value is -1.37. The maximum Gasteiger partial charge on any atom is 0.330 e. The summed E-state index contributed by atoms with van der Waals surface area (Å²) in [5, 5.41) is 2.97. The molecule has 0 aromatic heterocycles. The minimum absolute atomic E-state index is 0.139. The van der Waals surface area contributed by atoms with Crippen molar-refractivity contribution in [2.45, 2.75) is 26.3 Å². The number of hydrogen-bond acceptors (Lipinski definition) is 3. The van der Waals surface area contributed by atoms with E-state index in [1.165, 1.54) is 13.2 Å². The molecular weight excluding hydrogens is 381 g/mol. The molecule has 1 rings (SSSR count). The summed E-state index contributed by atoms with van der Waals surface area (Å²) in [5.74, 6) is -0.345. The number of rotatable bonds is 6. The second kappa shape index (κ2) is 8.81. The van der Waals surface area contributed by atoms with Crippen LogP contribution in [-0.4, -0.2) is 25.0 Å². The first-order valence-electron chi connectivity index (χ1n) is 6.81. The summed E-state index contributed by atoms with van der Waals surface area (Å²) in [6, 6.07) is 7.19. The van der Waals surface area contributed by atoms with E-state index in [1.807, 2.05) is 32.0 Å². The third-order valence-electron chi connectivity index (χ3n) is 3.31. The molecule has 2 unspecified atom stereocenters. The highest BCUT2D eigenvalue weighted by molar-refractivity contribution is 14.1. The van der Waals surface area contributed by atoms with Crippen LogP contribution < -0.4 is 5.32 Å². The minimum Gasteiger partial charge on any atom is -0.466 e. The summed E-state index contributed by atoms with van der Waals surface area (Å²) >= 11 is 2.13. The number of benzene rings is 1. The molecule has 2 atom stereocenters. The molecule has 0 saturated carbocycles. The fourth-order valence-electron chi connectivity index (χ4n) is 1.76. The number of ether oxygens (including phenoxy) is 1. The van der Waals surface area contributed by atoms with Crippen molar-refractivity contribution in [1.82, 2.24) is 5.32 Å². The Balaban J connectivity index is 2.86. The van der Waals surface area contributed by atoms with Gasteiger partial charge in [0.05, 0.1) is 18.7 Å². The molecule has 0 aliphatic rings. The molecule has 0 saturated heterocycles. The first-order chi connectivity index (χ1) is 9.99. The van der Waals surface area contributed by atoms with Gasteiger partial charge < -0.3 is 10.1 Å². The summed E-state index contributed by atoms with van der Waals surface area (Å²) in [4.78, 5) is 23.6. The Morgan fingerprint density at radius 2 is 2.05 bits per heavy atom. The van der Waals surface area contributed by atoms with Crippen LogP contribution in [0.3, 0.4) is 0 Å². The van der Waals surface area contributed by atoms with Crippen LogP contribution in [-0.2, 0) is 9.53 Å². The second-order valence-corrected chi connectivity index (χ2v) is 5.91. The van der Waals surface area contributed by atoms with Gasteiger partial charge in [-0.2, -0.15) is 0 Å². The van der Waals surface area contributed by atoms with Crippen molar-refractivity contribution < 1.29 is 14.3 Å². The first-order valence-corrected chi connectivity index (χ1v) is 7.89. The third-order valence-corrected chi connectivity index (χ3v) is 4.25. The number of hydrogen-bond donors (Lipinski definition) is 1. The molecule has 0 radical (unpaired) electrons. The van der Waals surface area contributed by atoms with Crippen molar-refractivity contribution in [2.75, 3.05) is 7.11 Å². The van der Waals surface area contributed by atoms with Gasteiger partial charge in [-0.15, -0.1) is 0 Å². The molecule has 5 heteroatoms. The summed E-state index contributed by atoms with van der Waals surface area (Å²) in [6.07, 6.45) is 3.93. The van der Waals surface area contributed by atoms with Crippen molar-refractivity contribution in [3.8, 4) is 0 Å². The lowest BCUT2D eigenvalue weighted by Crippen LogP contribution is -2.38. The lowest BCUT2D eigenvalue weighted by atomic mass is 9.98. The van der Waals surface area contributed by atoms with Gasteiger partial charge in [-0.05, 0) is 40.6 Å². The van der Waals surface area contributed by atoms with Crippen molar-refractivity contribution in [3.63, 3.8) is 0 Å². The highest BCUT2D eigenvalue weighted by atomic mass is 127. The van der Waals surface area contributed by atoms with Gasteiger partial charge in [-0.3, -0.25) is 4.79 Å². The number of amides is 1. The predicted octanol–water partition coefficient (Wildman–Crippen LogP) is 3.16. The molecule has 1 amide bonds. The van der Waals surface area contributed by atoms with Gasteiger partial charge >= 0.3 is 5.97 Å². The zero-order chi connectivity index (χ0) is 15.8. The Labute approximate surface area is 139 Å². The van der Waals surface area contributed by atoms with Crippen LogP contribution in [0.2, 0.25) is 0 Å². The number of carbonyl (C=O) groups is 2. The molecule has 0 fully saturated rings. The van der Waals surface area contributed by atoms with Crippen LogP contribution >= 0.6 is 22.6 Å². The van der Waals surface area contributed by atoms with E-state index in [2.05, 4.69) is 32.6 Å². The smallest absolute Gasteiger partial charge is 0.330 e. The monoisotopic (exact) mass is 401 g/mol. The van der Waals surface area contributed by atoms with Crippen molar-refractivity contribution in [3.05, 3.63) is 45.6 Å². The van der Waals surface area contributed by atoms with Crippen molar-refractivity contribution in [2.24, 2.45) is 5.92 Å². The normalized spacial score (nSPS) is 13.7. The fourth-order valence-corrected chi connectivity index (χ4v) is 2.39. The fraction of sp³-hybridized carbons (Fsp3) is 0.375. The quantitative estimate of drug-likeness (QED) is 0.453. The van der Waals surface area contributed by atoms with Crippen LogP contribution in [0.4, 0.5) is 0 Å². The Bertz CT molecular complexity index is 528. The van der Waals surface area contributed by atoms with Crippen LogP contribution in [0.1, 0.15) is 30.6 Å². The number of carbonyl (C=O) groups excluding carboxylic acids is 2. The maximum absolute atomic E-state index is 12.3. The van der Waals surface area contributed by atoms with E-state index < -0.39 is 5.97 Å². The van der Waals surface area contributed by atoms with E-state index in [4.69, 9.17) is 0 Å². The molecule has 1 aromatic rings. The molecule has 0 heterocycles. The lowest BCUT2D eigenvalue weighted by molar-refractivity contribution is -0.134. The van der Waals surface area contributed by atoms with Crippen molar-refractivity contribution in [1.29, 1.82) is 0 Å². The lowest BCUT2D eigenvalue weighted by Gasteiger charge is -2.21. The number of methoxy groups -OCH3 is 1. The average molecular weight is 401 g/mol. The van der Waals surface area contributed by atoms with E-state index in [-0.39, 0.29) is 17.9 Å². The van der Waals surface area contributed by atoms with Gasteiger partial charge in [0, 0.05) is 9.65 Å². The molecule has 21 heavy (non-hydrogen) atoms. The molecule has 1 aromatic carbocycles. The summed E-state index contributed by atoms with van der Waals surface area (Å²) < 4.78 is 5.48. The van der Waals surface area contributed by atoms with Gasteiger partial charge in [0.1, 0.15) is 0 Å². The Kier molecular flexibility index (Phi) is 7.42. The zero-order valence-corrected chi connectivity index (χ0v) is 14.6. The largest absolute Gasteiger partial charge is 0.466 e. The zero-order valence-electron chi connectivity index (χ0n) is 12.4. The Morgan fingerprint density at radius 1 is 1.38 bits per heavy atom. The van der Waals surface area contributed by atoms with E-state index in [1.54, 1.807) is 12.1 Å². The van der Waals surface area contributed by atoms with Crippen LogP contribution in [0.15, 0.2) is 36.4 Å². The van der Waals surface area contributed by atoms with E-state index in [0.29, 0.717) is 5.56 Å². The van der Waals surface area contributed by atoms with E-state index in [9.17, 15) is 9.59 Å². The second-order valence-electron chi connectivity index (χ2n) is 4.75. The molecule has 0 aliphatic carbocycles. The van der Waals surface area contributed by atoms with Gasteiger partial charge in [0.25, 0.3) is 5.91 Å². The number of halogens is 1. The van der Waals surface area contributed by atoms with Gasteiger partial charge in [0.15, 0.2) is 0 Å². The van der Waals surface area contributed by atoms with Gasteiger partial charge in [-0.25, -0.2) is 4.79 Å². The molecule has 114 valence electrons. The van der Waals surface area contributed by atoms with Gasteiger partial charge in [-0.1, -0.05) is 38.5 Å². The minimum atomic E-state index is -0.424. The average Bonchev–Trinajstić information content (AvgIpc) is 2.50. The first kappa shape index (κ1) is 17.7. The number of esters is 1. The third kappa shape index (κ3) is 5.49. The van der Waals surface area contributed by atoms with Crippen molar-refractivity contribution >= 4 is 34.5 Å². The predicted molar refractivity (Wildman–Crippen MR) is 91.0 cm³/mol. The molecule has 0 spiro atoms. The van der Waals surface area contributed by atoms with Crippen LogP contribution in [0.5, 0.6) is 0 Å². The summed E-state index contributed by atoms with van der Waals surface area (Å²) in [5.41, 5.74) is 0.637. The summed E-state index contributed by atoms with van der Waals surface area (Å²) in [6.45, 7) is 4.07. The molecule has 1 N–H and O–H groups in total. The number of nitrogens with one attached hydrogen (secondary N) is 1. The standard InChI is InChI=1S/C16H20INO3/c1-4-11(2)14(9-10-15(19)21-3)18-16(20)12-7-5-6-8-13(12)17/h5-11,14H,4H2,1-3H3,(H,18,20). The van der Waals surface area contributed by atoms with E-state index in [0.717, 1.165) is 9.99 Å². The highest BCUT2D eigenvalue weighted by Crippen LogP contribution is 2.14. The summed E-state index contributed by atoms with van der Waals surface area (Å²) in [7, 11) is 1.33. The molecule has 4 nitrogen and oxygen atoms in total. The molecular formula is C16H20INO3. The molecule has 0 bridgehead atoms. The van der Waals surface area contributed by atoms with Crippen LogP contribution in [0.25, 0.3) is 0 Å². The highest BCUT2D eigenvalue weighted by Gasteiger charge is 2.18. The Morgan fingerprint density at radius 3 is 2.62 bits per heavy atom. The SMILES string of the molecule is CCC(C)C(C=CC(=O)OC)NC(=O)c1ccccc1I. The van der Waals surface area contributed by atoms with E-state index >= 15 is 0 Å². The van der Waals surface area contributed by atoms with Crippen LogP contribution in [0, 0.1) is 9.49 Å². The van der Waals surface area contributed by atoms with Gasteiger partial charge in [0.2, 0.25) is 0 Å².